The molecule has 1 N–H and O–H groups in total. The van der Waals surface area contributed by atoms with E-state index in [2.05, 4.69) is 15.5 Å². The molecule has 0 aliphatic rings. The zero-order valence-electron chi connectivity index (χ0n) is 17.6. The minimum Gasteiger partial charge on any atom is -0.343 e. The van der Waals surface area contributed by atoms with Crippen molar-refractivity contribution in [2.45, 2.75) is 23.5 Å². The molecule has 10 nitrogen and oxygen atoms in total. The molecule has 11 heteroatoms. The van der Waals surface area contributed by atoms with Crippen LogP contribution in [0.2, 0.25) is 0 Å². The van der Waals surface area contributed by atoms with E-state index in [-0.39, 0.29) is 23.7 Å². The molecule has 0 saturated heterocycles. The predicted octanol–water partition coefficient (Wildman–Crippen LogP) is 2.65. The quantitative estimate of drug-likeness (QED) is 0.389. The second kappa shape index (κ2) is 10.5. The minimum atomic E-state index is -0.563. The van der Waals surface area contributed by atoms with Crippen molar-refractivity contribution in [2.24, 2.45) is 7.05 Å². The van der Waals surface area contributed by atoms with Crippen LogP contribution in [0.5, 0.6) is 0 Å². The van der Waals surface area contributed by atoms with Crippen molar-refractivity contribution < 1.29 is 14.5 Å². The van der Waals surface area contributed by atoms with Gasteiger partial charge < -0.3 is 14.8 Å². The Balaban J connectivity index is 1.66. The van der Waals surface area contributed by atoms with Gasteiger partial charge in [-0.25, -0.2) is 0 Å². The molecule has 0 spiro atoms. The number of nitrogens with one attached hydrogen (secondary N) is 1. The van der Waals surface area contributed by atoms with Crippen molar-refractivity contribution in [3.05, 3.63) is 76.1 Å². The van der Waals surface area contributed by atoms with Gasteiger partial charge in [0.25, 0.3) is 11.6 Å². The van der Waals surface area contributed by atoms with Crippen molar-refractivity contribution in [2.75, 3.05) is 13.1 Å². The molecule has 0 radical (unpaired) electrons. The standard InChI is InChI=1S/C21H22N6O4S/c1-3-26(13-15-7-5-4-6-8-15)19(28)12-22-20(29)16-9-10-18(17(11-16)27(30)31)32-21-24-23-14-25(21)2/h4-11,14H,3,12-13H2,1-2H3,(H,22,29). The minimum absolute atomic E-state index is 0.0953. The zero-order chi connectivity index (χ0) is 23.1. The highest BCUT2D eigenvalue weighted by Gasteiger charge is 2.21. The normalized spacial score (nSPS) is 10.6. The summed E-state index contributed by atoms with van der Waals surface area (Å²) in [5.41, 5.74) is 0.856. The summed E-state index contributed by atoms with van der Waals surface area (Å²) in [6.07, 6.45) is 1.49. The van der Waals surface area contributed by atoms with Crippen molar-refractivity contribution in [3.63, 3.8) is 0 Å². The Morgan fingerprint density at radius 2 is 1.97 bits per heavy atom. The monoisotopic (exact) mass is 454 g/mol. The molecular weight excluding hydrogens is 432 g/mol. The first kappa shape index (κ1) is 22.9. The second-order valence-electron chi connectivity index (χ2n) is 6.84. The molecule has 0 unspecified atom stereocenters. The molecule has 0 aliphatic carbocycles. The first-order chi connectivity index (χ1) is 15.4. The molecule has 0 aliphatic heterocycles. The lowest BCUT2D eigenvalue weighted by molar-refractivity contribution is -0.387. The smallest absolute Gasteiger partial charge is 0.284 e. The van der Waals surface area contributed by atoms with Crippen molar-refractivity contribution >= 4 is 29.3 Å². The number of carbonyl (C=O) groups is 2. The van der Waals surface area contributed by atoms with E-state index in [1.807, 2.05) is 37.3 Å². The number of benzene rings is 2. The molecule has 3 rings (SSSR count). The van der Waals surface area contributed by atoms with Gasteiger partial charge in [0.2, 0.25) is 5.91 Å². The Labute approximate surface area is 188 Å². The number of nitro groups is 1. The lowest BCUT2D eigenvalue weighted by atomic mass is 10.2. The average molecular weight is 455 g/mol. The highest BCUT2D eigenvalue weighted by molar-refractivity contribution is 7.99. The molecule has 3 aromatic rings. The molecular formula is C21H22N6O4S. The van der Waals surface area contributed by atoms with Crippen LogP contribution in [0.25, 0.3) is 0 Å². The van der Waals surface area contributed by atoms with E-state index in [0.717, 1.165) is 17.3 Å². The first-order valence-corrected chi connectivity index (χ1v) is 10.6. The summed E-state index contributed by atoms with van der Waals surface area (Å²) in [5, 5.41) is 22.2. The van der Waals surface area contributed by atoms with Gasteiger partial charge in [-0.15, -0.1) is 10.2 Å². The summed E-state index contributed by atoms with van der Waals surface area (Å²) in [6.45, 7) is 2.58. The number of aromatic nitrogens is 3. The summed E-state index contributed by atoms with van der Waals surface area (Å²) >= 11 is 1.08. The number of rotatable bonds is 9. The average Bonchev–Trinajstić information content (AvgIpc) is 3.20. The highest BCUT2D eigenvalue weighted by Crippen LogP contribution is 2.34. The third kappa shape index (κ3) is 5.70. The van der Waals surface area contributed by atoms with Gasteiger partial charge in [-0.05, 0) is 36.4 Å². The van der Waals surface area contributed by atoms with Gasteiger partial charge in [0.05, 0.1) is 16.4 Å². The maximum Gasteiger partial charge on any atom is 0.284 e. The van der Waals surface area contributed by atoms with Gasteiger partial charge >= 0.3 is 0 Å². The predicted molar refractivity (Wildman–Crippen MR) is 118 cm³/mol. The fourth-order valence-corrected chi connectivity index (χ4v) is 3.75. The molecule has 0 fully saturated rings. The maximum atomic E-state index is 12.5. The van der Waals surface area contributed by atoms with Crippen LogP contribution >= 0.6 is 11.8 Å². The third-order valence-electron chi connectivity index (χ3n) is 4.64. The van der Waals surface area contributed by atoms with Crippen LogP contribution in [-0.4, -0.2) is 49.5 Å². The fourth-order valence-electron chi connectivity index (χ4n) is 2.90. The highest BCUT2D eigenvalue weighted by atomic mass is 32.2. The lowest BCUT2D eigenvalue weighted by Gasteiger charge is -2.21. The number of hydrogen-bond acceptors (Lipinski definition) is 7. The van der Waals surface area contributed by atoms with Crippen LogP contribution in [0.4, 0.5) is 5.69 Å². The molecule has 0 saturated carbocycles. The van der Waals surface area contributed by atoms with E-state index in [0.29, 0.717) is 23.1 Å². The SMILES string of the molecule is CCN(Cc1ccccc1)C(=O)CNC(=O)c1ccc(Sc2nncn2C)c([N+](=O)[O-])c1. The molecule has 0 bridgehead atoms. The van der Waals surface area contributed by atoms with Crippen molar-refractivity contribution in [1.82, 2.24) is 25.0 Å². The molecule has 32 heavy (non-hydrogen) atoms. The number of likely N-dealkylation sites (N-methyl/N-ethyl adjacent to an activating group) is 1. The van der Waals surface area contributed by atoms with Gasteiger partial charge in [0.1, 0.15) is 6.33 Å². The van der Waals surface area contributed by atoms with E-state index in [9.17, 15) is 19.7 Å². The lowest BCUT2D eigenvalue weighted by Crippen LogP contribution is -2.39. The Morgan fingerprint density at radius 1 is 1.22 bits per heavy atom. The number of hydrogen-bond donors (Lipinski definition) is 1. The Hall–Kier alpha value is -3.73. The van der Waals surface area contributed by atoms with Crippen LogP contribution < -0.4 is 5.32 Å². The van der Waals surface area contributed by atoms with E-state index < -0.39 is 10.8 Å². The number of aryl methyl sites for hydroxylation is 1. The van der Waals surface area contributed by atoms with Crippen LogP contribution in [0.15, 0.2) is 64.9 Å². The van der Waals surface area contributed by atoms with Crippen LogP contribution in [0, 0.1) is 10.1 Å². The van der Waals surface area contributed by atoms with Crippen LogP contribution in [0.1, 0.15) is 22.8 Å². The number of carbonyl (C=O) groups excluding carboxylic acids is 2. The second-order valence-corrected chi connectivity index (χ2v) is 7.85. The Bertz CT molecular complexity index is 1120. The van der Waals surface area contributed by atoms with Gasteiger partial charge in [0, 0.05) is 31.8 Å². The number of amides is 2. The van der Waals surface area contributed by atoms with Crippen molar-refractivity contribution in [1.29, 1.82) is 0 Å². The number of nitro benzene ring substituents is 1. The van der Waals surface area contributed by atoms with E-state index in [1.54, 1.807) is 16.5 Å². The van der Waals surface area contributed by atoms with E-state index >= 15 is 0 Å². The summed E-state index contributed by atoms with van der Waals surface area (Å²) < 4.78 is 1.63. The summed E-state index contributed by atoms with van der Waals surface area (Å²) in [5.74, 6) is -0.805. The molecule has 2 amide bonds. The van der Waals surface area contributed by atoms with Gasteiger partial charge in [0.15, 0.2) is 5.16 Å². The van der Waals surface area contributed by atoms with E-state index in [4.69, 9.17) is 0 Å². The van der Waals surface area contributed by atoms with Gasteiger partial charge in [-0.2, -0.15) is 0 Å². The topological polar surface area (TPSA) is 123 Å². The van der Waals surface area contributed by atoms with Gasteiger partial charge in [-0.3, -0.25) is 19.7 Å². The maximum absolute atomic E-state index is 12.5. The summed E-state index contributed by atoms with van der Waals surface area (Å²) in [4.78, 5) is 38.0. The van der Waals surface area contributed by atoms with E-state index in [1.165, 1.54) is 24.5 Å². The zero-order valence-corrected chi connectivity index (χ0v) is 18.4. The molecule has 1 aromatic heterocycles. The molecule has 0 atom stereocenters. The van der Waals surface area contributed by atoms with Crippen LogP contribution in [-0.2, 0) is 18.4 Å². The first-order valence-electron chi connectivity index (χ1n) is 9.79. The molecule has 166 valence electrons. The summed E-state index contributed by atoms with van der Waals surface area (Å²) in [7, 11) is 1.73. The Kier molecular flexibility index (Phi) is 7.55. The van der Waals surface area contributed by atoms with Crippen LogP contribution in [0.3, 0.4) is 0 Å². The Morgan fingerprint density at radius 3 is 2.59 bits per heavy atom. The van der Waals surface area contributed by atoms with Crippen molar-refractivity contribution in [3.8, 4) is 0 Å². The fraction of sp³-hybridized carbons (Fsp3) is 0.238. The summed E-state index contributed by atoms with van der Waals surface area (Å²) in [6, 6.07) is 13.7. The largest absolute Gasteiger partial charge is 0.343 e. The molecule has 2 aromatic carbocycles. The number of nitrogens with zero attached hydrogens (tertiary/aromatic N) is 5. The molecule has 1 heterocycles. The third-order valence-corrected chi connectivity index (χ3v) is 5.76. The van der Waals surface area contributed by atoms with Gasteiger partial charge in [-0.1, -0.05) is 30.3 Å².